The predicted octanol–water partition coefficient (Wildman–Crippen LogP) is 6.88. The lowest BCUT2D eigenvalue weighted by atomic mass is 9.95. The number of hydrogen-bond acceptors (Lipinski definition) is 2. The minimum absolute atomic E-state index is 0.0262. The van der Waals surface area contributed by atoms with Crippen molar-refractivity contribution in [3.63, 3.8) is 0 Å². The number of rotatable bonds is 2. The van der Waals surface area contributed by atoms with Crippen molar-refractivity contribution >= 4 is 34.7 Å². The third-order valence-electron chi connectivity index (χ3n) is 6.39. The second-order valence-electron chi connectivity index (χ2n) is 8.24. The molecule has 1 aromatic carbocycles. The van der Waals surface area contributed by atoms with Crippen molar-refractivity contribution in [3.05, 3.63) is 68.8 Å². The van der Waals surface area contributed by atoms with Gasteiger partial charge in [-0.05, 0) is 74.4 Å². The smallest absolute Gasteiger partial charge is 0.312 e. The number of amides is 2. The number of carbonyl (C=O) groups is 1. The molecule has 0 saturated heterocycles. The van der Waals surface area contributed by atoms with Gasteiger partial charge in [0.2, 0.25) is 0 Å². The number of anilines is 1. The summed E-state index contributed by atoms with van der Waals surface area (Å²) in [5.41, 5.74) is 5.78. The molecule has 0 bridgehead atoms. The van der Waals surface area contributed by atoms with E-state index < -0.39 is 0 Å². The summed E-state index contributed by atoms with van der Waals surface area (Å²) in [5, 5.41) is 5.06. The van der Waals surface area contributed by atoms with Gasteiger partial charge < -0.3 is 14.8 Å². The largest absolute Gasteiger partial charge is 0.322 e. The molecule has 5 rings (SSSR count). The standard InChI is InChI=1S/C24H26ClN3OS/c1-3-20-21-8-6-12-27(21)23-18(17-7-4-5-9-22(17)30-23)14-28(20)24(29)26-19-13-16(25)11-10-15(19)2/h6,8,10-13,20H,3-5,7,9,14H2,1-2H3,(H,26,29). The Morgan fingerprint density at radius 2 is 2.07 bits per heavy atom. The van der Waals surface area contributed by atoms with Gasteiger partial charge in [0, 0.05) is 33.0 Å². The van der Waals surface area contributed by atoms with Gasteiger partial charge in [-0.3, -0.25) is 0 Å². The van der Waals surface area contributed by atoms with Crippen LogP contribution >= 0.6 is 22.9 Å². The van der Waals surface area contributed by atoms with Crippen LogP contribution in [-0.2, 0) is 19.4 Å². The van der Waals surface area contributed by atoms with Crippen LogP contribution in [0.4, 0.5) is 10.5 Å². The van der Waals surface area contributed by atoms with E-state index in [0.717, 1.165) is 30.5 Å². The summed E-state index contributed by atoms with van der Waals surface area (Å²) in [6.45, 7) is 4.79. The number of halogens is 1. The van der Waals surface area contributed by atoms with Gasteiger partial charge in [-0.25, -0.2) is 4.79 Å². The molecule has 0 fully saturated rings. The number of hydrogen-bond donors (Lipinski definition) is 1. The highest BCUT2D eigenvalue weighted by Crippen LogP contribution is 2.43. The number of nitrogens with zero attached hydrogens (tertiary/aromatic N) is 2. The van der Waals surface area contributed by atoms with Gasteiger partial charge >= 0.3 is 6.03 Å². The van der Waals surface area contributed by atoms with E-state index in [1.165, 1.54) is 39.5 Å². The van der Waals surface area contributed by atoms with Crippen LogP contribution in [0.3, 0.4) is 0 Å². The fourth-order valence-electron chi connectivity index (χ4n) is 4.82. The Bertz CT molecular complexity index is 1120. The maximum absolute atomic E-state index is 13.6. The minimum Gasteiger partial charge on any atom is -0.312 e. The molecule has 0 radical (unpaired) electrons. The monoisotopic (exact) mass is 439 g/mol. The first-order valence-electron chi connectivity index (χ1n) is 10.7. The minimum atomic E-state index is -0.0661. The number of carbonyl (C=O) groups excluding carboxylic acids is 1. The fraction of sp³-hybridized carbons (Fsp3) is 0.375. The summed E-state index contributed by atoms with van der Waals surface area (Å²) in [6.07, 6.45) is 7.80. The molecule has 2 aromatic heterocycles. The van der Waals surface area contributed by atoms with Crippen LogP contribution in [0.25, 0.3) is 5.00 Å². The third-order valence-corrected chi connectivity index (χ3v) is 7.96. The summed E-state index contributed by atoms with van der Waals surface area (Å²) in [7, 11) is 0. The second kappa shape index (κ2) is 7.78. The molecule has 1 aliphatic heterocycles. The first kappa shape index (κ1) is 19.7. The van der Waals surface area contributed by atoms with Crippen LogP contribution in [0.15, 0.2) is 36.5 Å². The van der Waals surface area contributed by atoms with Gasteiger partial charge in [0.15, 0.2) is 0 Å². The van der Waals surface area contributed by atoms with E-state index in [1.54, 1.807) is 0 Å². The van der Waals surface area contributed by atoms with E-state index >= 15 is 0 Å². The topological polar surface area (TPSA) is 37.3 Å². The number of thiophene rings is 1. The number of aryl methyl sites for hydroxylation is 2. The van der Waals surface area contributed by atoms with Crippen LogP contribution in [0.1, 0.15) is 59.5 Å². The molecule has 3 heterocycles. The highest BCUT2D eigenvalue weighted by atomic mass is 35.5. The average molecular weight is 440 g/mol. The van der Waals surface area contributed by atoms with Crippen molar-refractivity contribution in [1.82, 2.24) is 9.47 Å². The van der Waals surface area contributed by atoms with E-state index in [0.29, 0.717) is 11.6 Å². The number of aromatic nitrogens is 1. The summed E-state index contributed by atoms with van der Waals surface area (Å²) < 4.78 is 2.32. The van der Waals surface area contributed by atoms with Crippen molar-refractivity contribution in [2.75, 3.05) is 5.32 Å². The Labute approximate surface area is 186 Å². The van der Waals surface area contributed by atoms with Gasteiger partial charge in [0.05, 0.1) is 12.6 Å². The third kappa shape index (κ3) is 3.25. The molecule has 2 aliphatic rings. The maximum atomic E-state index is 13.6. The first-order chi connectivity index (χ1) is 14.6. The van der Waals surface area contributed by atoms with Crippen LogP contribution < -0.4 is 5.32 Å². The predicted molar refractivity (Wildman–Crippen MR) is 124 cm³/mol. The van der Waals surface area contributed by atoms with Crippen molar-refractivity contribution in [2.24, 2.45) is 0 Å². The molecule has 6 heteroatoms. The molecular weight excluding hydrogens is 414 g/mol. The zero-order valence-electron chi connectivity index (χ0n) is 17.4. The van der Waals surface area contributed by atoms with Crippen molar-refractivity contribution in [2.45, 2.75) is 58.5 Å². The lowest BCUT2D eigenvalue weighted by Crippen LogP contribution is -2.37. The first-order valence-corrected chi connectivity index (χ1v) is 11.9. The summed E-state index contributed by atoms with van der Waals surface area (Å²) in [5.74, 6) is 0. The lowest BCUT2D eigenvalue weighted by molar-refractivity contribution is 0.181. The zero-order valence-corrected chi connectivity index (χ0v) is 18.9. The van der Waals surface area contributed by atoms with Crippen LogP contribution in [0, 0.1) is 6.92 Å². The molecule has 1 unspecified atom stereocenters. The van der Waals surface area contributed by atoms with Gasteiger partial charge in [-0.15, -0.1) is 11.3 Å². The molecular formula is C24H26ClN3OS. The Morgan fingerprint density at radius 3 is 2.90 bits per heavy atom. The average Bonchev–Trinajstić information content (AvgIpc) is 3.33. The number of fused-ring (bicyclic) bond motifs is 5. The second-order valence-corrected chi connectivity index (χ2v) is 9.76. The molecule has 1 atom stereocenters. The molecule has 156 valence electrons. The molecule has 1 N–H and O–H groups in total. The molecule has 3 aromatic rings. The van der Waals surface area contributed by atoms with Crippen LogP contribution in [0.2, 0.25) is 5.02 Å². The van der Waals surface area contributed by atoms with Crippen molar-refractivity contribution in [3.8, 4) is 5.00 Å². The van der Waals surface area contributed by atoms with Crippen molar-refractivity contribution < 1.29 is 4.79 Å². The summed E-state index contributed by atoms with van der Waals surface area (Å²) in [4.78, 5) is 17.1. The van der Waals surface area contributed by atoms with Gasteiger partial charge in [0.25, 0.3) is 0 Å². The molecule has 0 spiro atoms. The SMILES string of the molecule is CCC1c2cccn2-c2sc3c(c2CN1C(=O)Nc1cc(Cl)ccc1C)CCCC3. The normalized spacial score (nSPS) is 17.7. The van der Waals surface area contributed by atoms with Gasteiger partial charge in [-0.2, -0.15) is 0 Å². The Kier molecular flexibility index (Phi) is 5.11. The van der Waals surface area contributed by atoms with E-state index in [4.69, 9.17) is 11.6 Å². The Hall–Kier alpha value is -2.24. The molecule has 4 nitrogen and oxygen atoms in total. The Morgan fingerprint density at radius 1 is 1.23 bits per heavy atom. The summed E-state index contributed by atoms with van der Waals surface area (Å²) >= 11 is 8.11. The van der Waals surface area contributed by atoms with E-state index in [-0.39, 0.29) is 12.1 Å². The summed E-state index contributed by atoms with van der Waals surface area (Å²) in [6, 6.07) is 9.84. The van der Waals surface area contributed by atoms with E-state index in [2.05, 4.69) is 35.1 Å². The van der Waals surface area contributed by atoms with E-state index in [1.807, 2.05) is 41.4 Å². The number of benzene rings is 1. The van der Waals surface area contributed by atoms with Gasteiger partial charge in [0.1, 0.15) is 5.00 Å². The zero-order chi connectivity index (χ0) is 20.8. The number of urea groups is 1. The van der Waals surface area contributed by atoms with Crippen molar-refractivity contribution in [1.29, 1.82) is 0 Å². The molecule has 2 amide bonds. The fourth-order valence-corrected chi connectivity index (χ4v) is 6.40. The van der Waals surface area contributed by atoms with E-state index in [9.17, 15) is 4.79 Å². The molecule has 30 heavy (non-hydrogen) atoms. The van der Waals surface area contributed by atoms with Gasteiger partial charge in [-0.1, -0.05) is 24.6 Å². The highest BCUT2D eigenvalue weighted by Gasteiger charge is 2.34. The maximum Gasteiger partial charge on any atom is 0.322 e. The lowest BCUT2D eigenvalue weighted by Gasteiger charge is -2.30. The van der Waals surface area contributed by atoms with Crippen LogP contribution in [-0.4, -0.2) is 15.5 Å². The Balaban J connectivity index is 1.57. The van der Waals surface area contributed by atoms with Crippen LogP contribution in [0.5, 0.6) is 0 Å². The number of nitrogens with one attached hydrogen (secondary N) is 1. The highest BCUT2D eigenvalue weighted by molar-refractivity contribution is 7.15. The molecule has 0 saturated carbocycles. The quantitative estimate of drug-likeness (QED) is 0.464. The molecule has 1 aliphatic carbocycles.